The number of rotatable bonds is 2. The molecule has 0 radical (unpaired) electrons. The first kappa shape index (κ1) is 16.6. The van der Waals surface area contributed by atoms with E-state index in [-0.39, 0.29) is 0 Å². The fourth-order valence-electron chi connectivity index (χ4n) is 3.71. The van der Waals surface area contributed by atoms with Gasteiger partial charge in [-0.05, 0) is 30.5 Å². The van der Waals surface area contributed by atoms with Crippen molar-refractivity contribution in [2.75, 3.05) is 0 Å². The summed E-state index contributed by atoms with van der Waals surface area (Å²) in [6.45, 7) is 1.98. The van der Waals surface area contributed by atoms with E-state index < -0.39 is 0 Å². The molecule has 29 heavy (non-hydrogen) atoms. The lowest BCUT2D eigenvalue weighted by atomic mass is 10.1. The van der Waals surface area contributed by atoms with Gasteiger partial charge in [0.2, 0.25) is 10.8 Å². The minimum atomic E-state index is 0.678. The minimum absolute atomic E-state index is 0.678. The molecule has 0 unspecified atom stereocenters. The van der Waals surface area contributed by atoms with Crippen LogP contribution < -0.4 is 0 Å². The van der Waals surface area contributed by atoms with Gasteiger partial charge < -0.3 is 0 Å². The van der Waals surface area contributed by atoms with Crippen LogP contribution >= 0.6 is 22.9 Å². The summed E-state index contributed by atoms with van der Waals surface area (Å²) in [5, 5.41) is 17.3. The second-order valence-electron chi connectivity index (χ2n) is 6.74. The Hall–Kier alpha value is -3.29. The summed E-state index contributed by atoms with van der Waals surface area (Å²) in [5.41, 5.74) is 3.68. The van der Waals surface area contributed by atoms with Crippen LogP contribution in [-0.2, 0) is 0 Å². The first-order chi connectivity index (χ1) is 14.2. The molecular weight excluding hydrogens is 404 g/mol. The first-order valence-corrected chi connectivity index (χ1v) is 10.2. The molecule has 0 saturated heterocycles. The van der Waals surface area contributed by atoms with E-state index in [1.165, 1.54) is 11.3 Å². The number of pyridine rings is 1. The zero-order chi connectivity index (χ0) is 19.5. The SMILES string of the molecule is Cc1nc2ccccn2c1-c1nnc2sc(-c3cccc4c(Cl)cccc34)nn12. The van der Waals surface area contributed by atoms with Crippen molar-refractivity contribution < 1.29 is 0 Å². The zero-order valence-corrected chi connectivity index (χ0v) is 16.8. The number of benzene rings is 2. The van der Waals surface area contributed by atoms with E-state index in [9.17, 15) is 0 Å². The molecule has 0 bridgehead atoms. The third-order valence-electron chi connectivity index (χ3n) is 5.01. The van der Waals surface area contributed by atoms with Crippen molar-refractivity contribution in [3.05, 3.63) is 71.5 Å². The van der Waals surface area contributed by atoms with Crippen LogP contribution in [0.3, 0.4) is 0 Å². The van der Waals surface area contributed by atoms with Crippen molar-refractivity contribution in [3.63, 3.8) is 0 Å². The van der Waals surface area contributed by atoms with Gasteiger partial charge in [0.1, 0.15) is 16.3 Å². The number of fused-ring (bicyclic) bond motifs is 3. The van der Waals surface area contributed by atoms with Crippen LogP contribution in [-0.4, -0.2) is 29.2 Å². The standard InChI is InChI=1S/C21H13ClN6S/c1-12-18(27-11-3-2-10-17(27)23-12)19-24-25-21-28(19)26-20(29-21)15-8-4-7-14-13(15)6-5-9-16(14)22/h2-11H,1H3. The molecule has 4 aromatic heterocycles. The number of halogens is 1. The Morgan fingerprint density at radius 2 is 1.79 bits per heavy atom. The monoisotopic (exact) mass is 416 g/mol. The third-order valence-corrected chi connectivity index (χ3v) is 6.27. The van der Waals surface area contributed by atoms with E-state index >= 15 is 0 Å². The van der Waals surface area contributed by atoms with Crippen molar-refractivity contribution in [3.8, 4) is 22.1 Å². The smallest absolute Gasteiger partial charge is 0.235 e. The quantitative estimate of drug-likeness (QED) is 0.385. The fourth-order valence-corrected chi connectivity index (χ4v) is 4.83. The van der Waals surface area contributed by atoms with Gasteiger partial charge in [0.25, 0.3) is 0 Å². The van der Waals surface area contributed by atoms with Crippen LogP contribution in [0, 0.1) is 6.92 Å². The molecule has 6 aromatic rings. The summed E-state index contributed by atoms with van der Waals surface area (Å²) in [4.78, 5) is 5.37. The Bertz CT molecular complexity index is 1540. The molecule has 2 aromatic carbocycles. The van der Waals surface area contributed by atoms with Crippen LogP contribution in [0.4, 0.5) is 0 Å². The topological polar surface area (TPSA) is 60.4 Å². The Kier molecular flexibility index (Phi) is 3.50. The largest absolute Gasteiger partial charge is 0.297 e. The van der Waals surface area contributed by atoms with Gasteiger partial charge in [-0.3, -0.25) is 4.40 Å². The summed E-state index contributed by atoms with van der Waals surface area (Å²) in [6.07, 6.45) is 1.98. The van der Waals surface area contributed by atoms with Crippen molar-refractivity contribution in [1.82, 2.24) is 29.2 Å². The molecule has 140 valence electrons. The highest BCUT2D eigenvalue weighted by Gasteiger charge is 2.20. The predicted molar refractivity (Wildman–Crippen MR) is 116 cm³/mol. The van der Waals surface area contributed by atoms with Crippen molar-refractivity contribution >= 4 is 44.3 Å². The molecule has 0 aliphatic heterocycles. The number of hydrogen-bond donors (Lipinski definition) is 0. The van der Waals surface area contributed by atoms with Gasteiger partial charge in [-0.1, -0.05) is 59.3 Å². The number of nitrogens with zero attached hydrogens (tertiary/aromatic N) is 6. The van der Waals surface area contributed by atoms with E-state index in [0.29, 0.717) is 5.82 Å². The maximum atomic E-state index is 6.39. The Labute approximate surface area is 174 Å². The molecule has 0 amide bonds. The molecular formula is C21H13ClN6S. The maximum absolute atomic E-state index is 6.39. The van der Waals surface area contributed by atoms with Crippen LogP contribution in [0.15, 0.2) is 60.8 Å². The van der Waals surface area contributed by atoms with Gasteiger partial charge in [-0.15, -0.1) is 10.2 Å². The van der Waals surface area contributed by atoms with Gasteiger partial charge in [0, 0.05) is 22.2 Å². The highest BCUT2D eigenvalue weighted by molar-refractivity contribution is 7.20. The van der Waals surface area contributed by atoms with Gasteiger partial charge in [0.05, 0.1) is 5.69 Å². The molecule has 0 spiro atoms. The summed E-state index contributed by atoms with van der Waals surface area (Å²) >= 11 is 7.89. The molecule has 6 nitrogen and oxygen atoms in total. The number of hydrogen-bond acceptors (Lipinski definition) is 5. The van der Waals surface area contributed by atoms with E-state index in [1.54, 1.807) is 4.52 Å². The van der Waals surface area contributed by atoms with Crippen molar-refractivity contribution in [2.45, 2.75) is 6.92 Å². The highest BCUT2D eigenvalue weighted by Crippen LogP contribution is 2.35. The van der Waals surface area contributed by atoms with E-state index in [1.807, 2.05) is 60.0 Å². The average molecular weight is 417 g/mol. The van der Waals surface area contributed by atoms with Gasteiger partial charge >= 0.3 is 0 Å². The highest BCUT2D eigenvalue weighted by atomic mass is 35.5. The predicted octanol–water partition coefficient (Wildman–Crippen LogP) is 5.28. The van der Waals surface area contributed by atoms with E-state index in [4.69, 9.17) is 16.7 Å². The molecule has 0 aliphatic rings. The summed E-state index contributed by atoms with van der Waals surface area (Å²) in [5.74, 6) is 0.678. The third kappa shape index (κ3) is 2.41. The van der Waals surface area contributed by atoms with Crippen LogP contribution in [0.2, 0.25) is 5.02 Å². The van der Waals surface area contributed by atoms with Crippen molar-refractivity contribution in [2.24, 2.45) is 0 Å². The molecule has 0 N–H and O–H groups in total. The molecule has 0 atom stereocenters. The minimum Gasteiger partial charge on any atom is -0.297 e. The first-order valence-electron chi connectivity index (χ1n) is 9.04. The van der Waals surface area contributed by atoms with E-state index in [2.05, 4.69) is 27.3 Å². The lowest BCUT2D eigenvalue weighted by molar-refractivity contribution is 0.954. The Morgan fingerprint density at radius 1 is 0.931 bits per heavy atom. The Morgan fingerprint density at radius 3 is 2.72 bits per heavy atom. The molecule has 0 saturated carbocycles. The van der Waals surface area contributed by atoms with Crippen molar-refractivity contribution in [1.29, 1.82) is 0 Å². The van der Waals surface area contributed by atoms with Gasteiger partial charge in [-0.25, -0.2) is 4.98 Å². The van der Waals surface area contributed by atoms with Crippen LogP contribution in [0.1, 0.15) is 5.69 Å². The molecule has 0 fully saturated rings. The Balaban J connectivity index is 1.59. The zero-order valence-electron chi connectivity index (χ0n) is 15.2. The van der Waals surface area contributed by atoms with E-state index in [0.717, 1.165) is 48.4 Å². The lowest BCUT2D eigenvalue weighted by Crippen LogP contribution is -1.96. The summed E-state index contributed by atoms with van der Waals surface area (Å²) in [6, 6.07) is 17.9. The number of imidazole rings is 1. The van der Waals surface area contributed by atoms with Crippen LogP contribution in [0.5, 0.6) is 0 Å². The number of aryl methyl sites for hydroxylation is 1. The van der Waals surface area contributed by atoms with Crippen LogP contribution in [0.25, 0.3) is 43.5 Å². The van der Waals surface area contributed by atoms with Gasteiger partial charge in [-0.2, -0.15) is 9.61 Å². The van der Waals surface area contributed by atoms with Gasteiger partial charge in [0.15, 0.2) is 0 Å². The molecule has 4 heterocycles. The average Bonchev–Trinajstić information content (AvgIpc) is 3.40. The second-order valence-corrected chi connectivity index (χ2v) is 8.10. The fraction of sp³-hybridized carbons (Fsp3) is 0.0476. The molecule has 6 rings (SSSR count). The summed E-state index contributed by atoms with van der Waals surface area (Å²) in [7, 11) is 0. The molecule has 0 aliphatic carbocycles. The normalized spacial score (nSPS) is 11.8. The maximum Gasteiger partial charge on any atom is 0.235 e. The summed E-state index contributed by atoms with van der Waals surface area (Å²) < 4.78 is 3.81. The molecule has 8 heteroatoms. The second kappa shape index (κ2) is 6.10. The number of aromatic nitrogens is 6. The lowest BCUT2D eigenvalue weighted by Gasteiger charge is -2.04.